The monoisotopic (exact) mass is 396 g/mol. The zero-order valence-corrected chi connectivity index (χ0v) is 16.4. The highest BCUT2D eigenvalue weighted by molar-refractivity contribution is 5.98. The molecule has 0 aliphatic carbocycles. The van der Waals surface area contributed by atoms with Crippen LogP contribution in [-0.4, -0.2) is 53.0 Å². The Morgan fingerprint density at radius 3 is 3.03 bits per heavy atom. The Balaban J connectivity index is 1.43. The van der Waals surface area contributed by atoms with Gasteiger partial charge in [-0.05, 0) is 31.0 Å². The number of ether oxygens (including phenoxy) is 2. The molecule has 0 saturated carbocycles. The van der Waals surface area contributed by atoms with Crippen LogP contribution in [0.15, 0.2) is 30.5 Å². The Morgan fingerprint density at radius 2 is 2.31 bits per heavy atom. The summed E-state index contributed by atoms with van der Waals surface area (Å²) in [5, 5.41) is 2.86. The maximum absolute atomic E-state index is 12.8. The molecule has 0 radical (unpaired) electrons. The van der Waals surface area contributed by atoms with Crippen LogP contribution in [0.4, 0.5) is 0 Å². The standard InChI is InChI=1S/C21H24N4O4/c1-28-20-14(12-23-19(26)18-6-4-10-29-18)11-16-17(24-20)13-25(21(16)27)9-7-15-5-2-3-8-22-15/h2-3,5,8,11,18H,4,6-7,9-10,12-13H2,1H3,(H,23,26). The number of aromatic nitrogens is 2. The maximum atomic E-state index is 12.8. The summed E-state index contributed by atoms with van der Waals surface area (Å²) in [6, 6.07) is 7.53. The molecule has 0 bridgehead atoms. The van der Waals surface area contributed by atoms with E-state index in [9.17, 15) is 9.59 Å². The average Bonchev–Trinajstić information content (AvgIpc) is 3.39. The first-order valence-electron chi connectivity index (χ1n) is 9.81. The van der Waals surface area contributed by atoms with Crippen LogP contribution in [0.3, 0.4) is 0 Å². The first-order valence-corrected chi connectivity index (χ1v) is 9.81. The van der Waals surface area contributed by atoms with Gasteiger partial charge in [0.25, 0.3) is 5.91 Å². The van der Waals surface area contributed by atoms with Crippen LogP contribution in [0, 0.1) is 0 Å². The Morgan fingerprint density at radius 1 is 1.41 bits per heavy atom. The van der Waals surface area contributed by atoms with E-state index in [1.807, 2.05) is 18.2 Å². The molecule has 1 saturated heterocycles. The summed E-state index contributed by atoms with van der Waals surface area (Å²) >= 11 is 0. The molecule has 4 rings (SSSR count). The Kier molecular flexibility index (Phi) is 5.71. The van der Waals surface area contributed by atoms with Crippen LogP contribution < -0.4 is 10.1 Å². The second kappa shape index (κ2) is 8.57. The molecular formula is C21H24N4O4. The van der Waals surface area contributed by atoms with Crippen molar-refractivity contribution < 1.29 is 19.1 Å². The van der Waals surface area contributed by atoms with Crippen molar-refractivity contribution in [2.45, 2.75) is 38.5 Å². The van der Waals surface area contributed by atoms with Gasteiger partial charge in [-0.3, -0.25) is 14.6 Å². The highest BCUT2D eigenvalue weighted by Crippen LogP contribution is 2.27. The van der Waals surface area contributed by atoms with Gasteiger partial charge < -0.3 is 19.7 Å². The van der Waals surface area contributed by atoms with Gasteiger partial charge in [-0.25, -0.2) is 4.98 Å². The van der Waals surface area contributed by atoms with E-state index in [1.165, 1.54) is 7.11 Å². The highest BCUT2D eigenvalue weighted by atomic mass is 16.5. The molecule has 2 aliphatic rings. The predicted molar refractivity (Wildman–Crippen MR) is 104 cm³/mol. The molecule has 8 nitrogen and oxygen atoms in total. The Labute approximate surface area is 169 Å². The highest BCUT2D eigenvalue weighted by Gasteiger charge is 2.30. The number of hydrogen-bond acceptors (Lipinski definition) is 6. The Bertz CT molecular complexity index is 897. The second-order valence-corrected chi connectivity index (χ2v) is 7.17. The molecule has 8 heteroatoms. The zero-order valence-electron chi connectivity index (χ0n) is 16.4. The van der Waals surface area contributed by atoms with Crippen molar-refractivity contribution in [1.29, 1.82) is 0 Å². The SMILES string of the molecule is COc1nc2c(cc1CNC(=O)C1CCCO1)C(=O)N(CCc1ccccn1)C2. The molecule has 2 aliphatic heterocycles. The summed E-state index contributed by atoms with van der Waals surface area (Å²) in [5.74, 6) is 0.224. The molecule has 2 amide bonds. The fraction of sp³-hybridized carbons (Fsp3) is 0.429. The number of fused-ring (bicyclic) bond motifs is 1. The molecular weight excluding hydrogens is 372 g/mol. The fourth-order valence-corrected chi connectivity index (χ4v) is 3.66. The van der Waals surface area contributed by atoms with E-state index in [-0.39, 0.29) is 18.4 Å². The molecule has 1 atom stereocenters. The number of amides is 2. The first-order chi connectivity index (χ1) is 14.2. The van der Waals surface area contributed by atoms with Crippen LogP contribution in [0.1, 0.15) is 40.2 Å². The number of nitrogens with one attached hydrogen (secondary N) is 1. The molecule has 1 unspecified atom stereocenters. The maximum Gasteiger partial charge on any atom is 0.256 e. The van der Waals surface area contributed by atoms with Gasteiger partial charge in [-0.2, -0.15) is 0 Å². The molecule has 152 valence electrons. The van der Waals surface area contributed by atoms with Crippen LogP contribution in [0.2, 0.25) is 0 Å². The van der Waals surface area contributed by atoms with Gasteiger partial charge in [-0.1, -0.05) is 6.07 Å². The third-order valence-corrected chi connectivity index (χ3v) is 5.23. The van der Waals surface area contributed by atoms with Gasteiger partial charge >= 0.3 is 0 Å². The second-order valence-electron chi connectivity index (χ2n) is 7.17. The number of nitrogens with zero attached hydrogens (tertiary/aromatic N) is 3. The number of rotatable bonds is 7. The van der Waals surface area contributed by atoms with E-state index in [0.29, 0.717) is 48.8 Å². The average molecular weight is 396 g/mol. The first kappa shape index (κ1) is 19.3. The van der Waals surface area contributed by atoms with E-state index in [2.05, 4.69) is 15.3 Å². The normalized spacial score (nSPS) is 18.0. The third-order valence-electron chi connectivity index (χ3n) is 5.23. The minimum absolute atomic E-state index is 0.0576. The van der Waals surface area contributed by atoms with E-state index in [1.54, 1.807) is 17.2 Å². The lowest BCUT2D eigenvalue weighted by molar-refractivity contribution is -0.130. The minimum Gasteiger partial charge on any atom is -0.481 e. The van der Waals surface area contributed by atoms with E-state index in [0.717, 1.165) is 18.5 Å². The lowest BCUT2D eigenvalue weighted by atomic mass is 10.1. The number of carbonyl (C=O) groups is 2. The minimum atomic E-state index is -0.396. The Hall–Kier alpha value is -3.00. The lowest BCUT2D eigenvalue weighted by Gasteiger charge is -2.14. The topological polar surface area (TPSA) is 93.7 Å². The molecule has 2 aromatic rings. The van der Waals surface area contributed by atoms with Crippen LogP contribution in [0.25, 0.3) is 0 Å². The summed E-state index contributed by atoms with van der Waals surface area (Å²) in [7, 11) is 1.54. The van der Waals surface area contributed by atoms with Gasteiger partial charge in [0.05, 0.1) is 24.9 Å². The van der Waals surface area contributed by atoms with Crippen LogP contribution in [0.5, 0.6) is 5.88 Å². The third kappa shape index (κ3) is 4.22. The summed E-state index contributed by atoms with van der Waals surface area (Å²) in [6.07, 6.45) is 3.66. The molecule has 0 spiro atoms. The van der Waals surface area contributed by atoms with E-state index in [4.69, 9.17) is 9.47 Å². The van der Waals surface area contributed by atoms with Crippen LogP contribution >= 0.6 is 0 Å². The molecule has 1 fully saturated rings. The van der Waals surface area contributed by atoms with E-state index >= 15 is 0 Å². The van der Waals surface area contributed by atoms with Crippen molar-refractivity contribution >= 4 is 11.8 Å². The summed E-state index contributed by atoms with van der Waals surface area (Å²) in [6.45, 7) is 1.87. The van der Waals surface area contributed by atoms with Crippen molar-refractivity contribution in [3.63, 3.8) is 0 Å². The van der Waals surface area contributed by atoms with Crippen LogP contribution in [-0.2, 0) is 29.0 Å². The quantitative estimate of drug-likeness (QED) is 0.762. The number of carbonyl (C=O) groups excluding carboxylic acids is 2. The zero-order chi connectivity index (χ0) is 20.2. The molecule has 1 N–H and O–H groups in total. The van der Waals surface area contributed by atoms with Crippen molar-refractivity contribution in [3.8, 4) is 5.88 Å². The van der Waals surface area contributed by atoms with Crippen molar-refractivity contribution in [2.24, 2.45) is 0 Å². The van der Waals surface area contributed by atoms with Gasteiger partial charge in [0.15, 0.2) is 0 Å². The summed E-state index contributed by atoms with van der Waals surface area (Å²) < 4.78 is 10.8. The van der Waals surface area contributed by atoms with Gasteiger partial charge in [0, 0.05) is 43.6 Å². The van der Waals surface area contributed by atoms with Gasteiger partial charge in [-0.15, -0.1) is 0 Å². The lowest BCUT2D eigenvalue weighted by Crippen LogP contribution is -2.33. The predicted octanol–water partition coefficient (Wildman–Crippen LogP) is 1.48. The number of methoxy groups -OCH3 is 1. The molecule has 29 heavy (non-hydrogen) atoms. The molecule has 2 aromatic heterocycles. The number of pyridine rings is 2. The molecule has 4 heterocycles. The van der Waals surface area contributed by atoms with Gasteiger partial charge in [0.2, 0.25) is 11.8 Å². The van der Waals surface area contributed by atoms with Crippen molar-refractivity contribution in [1.82, 2.24) is 20.2 Å². The molecule has 0 aromatic carbocycles. The number of hydrogen-bond donors (Lipinski definition) is 1. The van der Waals surface area contributed by atoms with Crippen molar-refractivity contribution in [3.05, 3.63) is 53.0 Å². The van der Waals surface area contributed by atoms with E-state index < -0.39 is 6.10 Å². The fourth-order valence-electron chi connectivity index (χ4n) is 3.66. The summed E-state index contributed by atoms with van der Waals surface area (Å²) in [5.41, 5.74) is 2.88. The van der Waals surface area contributed by atoms with Crippen molar-refractivity contribution in [2.75, 3.05) is 20.3 Å². The smallest absolute Gasteiger partial charge is 0.256 e. The summed E-state index contributed by atoms with van der Waals surface area (Å²) in [4.78, 5) is 35.6. The van der Waals surface area contributed by atoms with Gasteiger partial charge in [0.1, 0.15) is 6.10 Å². The largest absolute Gasteiger partial charge is 0.481 e.